The topological polar surface area (TPSA) is 66.8 Å². The smallest absolute Gasteiger partial charge is 0.331 e. The van der Waals surface area contributed by atoms with Crippen molar-refractivity contribution in [2.75, 3.05) is 0 Å². The highest BCUT2D eigenvalue weighted by Gasteiger charge is 2.82. The van der Waals surface area contributed by atoms with Crippen LogP contribution in [0.1, 0.15) is 125 Å². The van der Waals surface area contributed by atoms with Gasteiger partial charge in [-0.05, 0) is 154 Å². The van der Waals surface area contributed by atoms with Gasteiger partial charge in [-0.3, -0.25) is 0 Å². The van der Waals surface area contributed by atoms with Crippen molar-refractivity contribution in [3.8, 4) is 11.5 Å². The van der Waals surface area contributed by atoms with Gasteiger partial charge in [-0.15, -0.1) is 0 Å². The van der Waals surface area contributed by atoms with E-state index in [9.17, 15) is 15.0 Å². The number of benzene rings is 1. The Labute approximate surface area is 260 Å². The molecule has 0 aromatic heterocycles. The van der Waals surface area contributed by atoms with Crippen molar-refractivity contribution in [1.82, 2.24) is 0 Å². The average molecular weight is 589 g/mol. The Morgan fingerprint density at radius 1 is 0.930 bits per heavy atom. The van der Waals surface area contributed by atoms with Gasteiger partial charge in [0, 0.05) is 11.5 Å². The number of aromatic hydroxyl groups is 2. The number of carbonyl (C=O) groups excluding carboxylic acids is 1. The fraction of sp³-hybridized carbons (Fsp3) is 0.718. The minimum atomic E-state index is -0.322. The van der Waals surface area contributed by atoms with Gasteiger partial charge in [-0.25, -0.2) is 4.79 Å². The van der Waals surface area contributed by atoms with Crippen LogP contribution in [0.5, 0.6) is 11.5 Å². The Kier molecular flexibility index (Phi) is 7.45. The third-order valence-electron chi connectivity index (χ3n) is 14.6. The molecular formula is C39H56O4. The molecule has 5 aliphatic rings. The van der Waals surface area contributed by atoms with Crippen molar-refractivity contribution in [2.45, 2.75) is 125 Å². The van der Waals surface area contributed by atoms with Gasteiger partial charge in [0.25, 0.3) is 0 Å². The SMILES string of the molecule is CC(C)=CCC[C@@H](C)[C@H]1CC[C@@]2(C)[C@@H]3CC[C@H]4C(C)(C)[C@@H](OC(=O)/C=C/c5ccc(O)c(O)c5)CC[C@@]45C[C@@]35CC[C@]12C. The molecular weight excluding hydrogens is 532 g/mol. The van der Waals surface area contributed by atoms with E-state index in [1.165, 1.54) is 88.0 Å². The molecule has 0 bridgehead atoms. The predicted molar refractivity (Wildman–Crippen MR) is 173 cm³/mol. The maximum absolute atomic E-state index is 13.0. The minimum absolute atomic E-state index is 0.0493. The maximum Gasteiger partial charge on any atom is 0.331 e. The molecule has 0 heterocycles. The second-order valence-corrected chi connectivity index (χ2v) is 16.9. The number of phenolic OH excluding ortho intramolecular Hbond substituents is 2. The Morgan fingerprint density at radius 3 is 2.37 bits per heavy atom. The molecule has 2 spiro atoms. The molecule has 43 heavy (non-hydrogen) atoms. The van der Waals surface area contributed by atoms with Gasteiger partial charge >= 0.3 is 5.97 Å². The number of esters is 1. The molecule has 236 valence electrons. The van der Waals surface area contributed by atoms with E-state index in [2.05, 4.69) is 54.5 Å². The third kappa shape index (κ3) is 4.54. The van der Waals surface area contributed by atoms with Crippen LogP contribution < -0.4 is 0 Å². The van der Waals surface area contributed by atoms with Crippen molar-refractivity contribution in [3.63, 3.8) is 0 Å². The van der Waals surface area contributed by atoms with Crippen LogP contribution in [0.25, 0.3) is 6.08 Å². The summed E-state index contributed by atoms with van der Waals surface area (Å²) in [5.41, 5.74) is 3.87. The van der Waals surface area contributed by atoms with E-state index in [1.54, 1.807) is 12.1 Å². The summed E-state index contributed by atoms with van der Waals surface area (Å²) < 4.78 is 6.18. The fourth-order valence-corrected chi connectivity index (χ4v) is 12.3. The summed E-state index contributed by atoms with van der Waals surface area (Å²) in [4.78, 5) is 13.0. The average Bonchev–Trinajstić information content (AvgIpc) is 3.52. The molecule has 9 atom stereocenters. The molecule has 5 saturated carbocycles. The molecule has 4 heteroatoms. The Bertz CT molecular complexity index is 1320. The van der Waals surface area contributed by atoms with Gasteiger partial charge in [0.2, 0.25) is 0 Å². The number of hydrogen-bond acceptors (Lipinski definition) is 4. The van der Waals surface area contributed by atoms with Gasteiger partial charge in [0.05, 0.1) is 0 Å². The number of hydrogen-bond donors (Lipinski definition) is 2. The zero-order valence-electron chi connectivity index (χ0n) is 27.8. The highest BCUT2D eigenvalue weighted by Crippen LogP contribution is 2.89. The van der Waals surface area contributed by atoms with E-state index < -0.39 is 0 Å². The second-order valence-electron chi connectivity index (χ2n) is 16.9. The molecule has 0 saturated heterocycles. The summed E-state index contributed by atoms with van der Waals surface area (Å²) in [7, 11) is 0. The molecule has 0 amide bonds. The van der Waals surface area contributed by atoms with Crippen molar-refractivity contribution in [3.05, 3.63) is 41.5 Å². The molecule has 1 aromatic carbocycles. The molecule has 5 fully saturated rings. The van der Waals surface area contributed by atoms with Gasteiger partial charge in [-0.1, -0.05) is 52.3 Å². The molecule has 6 rings (SSSR count). The monoisotopic (exact) mass is 588 g/mol. The molecule has 5 aliphatic carbocycles. The zero-order valence-corrected chi connectivity index (χ0v) is 27.8. The first-order valence-corrected chi connectivity index (χ1v) is 17.2. The molecule has 0 aliphatic heterocycles. The summed E-state index contributed by atoms with van der Waals surface area (Å²) in [6.07, 6.45) is 19.8. The number of carbonyl (C=O) groups is 1. The highest BCUT2D eigenvalue weighted by atomic mass is 16.5. The number of allylic oxidation sites excluding steroid dienone is 2. The highest BCUT2D eigenvalue weighted by molar-refractivity contribution is 5.87. The van der Waals surface area contributed by atoms with Crippen molar-refractivity contribution in [1.29, 1.82) is 0 Å². The van der Waals surface area contributed by atoms with Crippen LogP contribution in [0, 0.1) is 50.7 Å². The largest absolute Gasteiger partial charge is 0.504 e. The van der Waals surface area contributed by atoms with Crippen molar-refractivity contribution in [2.24, 2.45) is 50.7 Å². The van der Waals surface area contributed by atoms with E-state index in [-0.39, 0.29) is 29.0 Å². The first-order valence-electron chi connectivity index (χ1n) is 17.2. The summed E-state index contributed by atoms with van der Waals surface area (Å²) in [6.45, 7) is 17.2. The van der Waals surface area contributed by atoms with Gasteiger partial charge in [0.15, 0.2) is 11.5 Å². The summed E-state index contributed by atoms with van der Waals surface area (Å²) in [5.74, 6) is 2.40. The third-order valence-corrected chi connectivity index (χ3v) is 14.6. The zero-order chi connectivity index (χ0) is 31.0. The van der Waals surface area contributed by atoms with Crippen LogP contribution >= 0.6 is 0 Å². The number of rotatable bonds is 7. The van der Waals surface area contributed by atoms with E-state index in [1.807, 2.05) is 0 Å². The van der Waals surface area contributed by atoms with Gasteiger partial charge in [-0.2, -0.15) is 0 Å². The Morgan fingerprint density at radius 2 is 1.65 bits per heavy atom. The minimum Gasteiger partial charge on any atom is -0.504 e. The first-order chi connectivity index (χ1) is 20.2. The second kappa shape index (κ2) is 10.4. The van der Waals surface area contributed by atoms with Crippen molar-refractivity contribution < 1.29 is 19.7 Å². The van der Waals surface area contributed by atoms with E-state index in [0.29, 0.717) is 33.1 Å². The van der Waals surface area contributed by atoms with Crippen LogP contribution in [0.2, 0.25) is 0 Å². The van der Waals surface area contributed by atoms with Gasteiger partial charge in [0.1, 0.15) is 6.10 Å². The molecule has 4 nitrogen and oxygen atoms in total. The number of ether oxygens (including phenoxy) is 1. The van der Waals surface area contributed by atoms with Gasteiger partial charge < -0.3 is 14.9 Å². The lowest BCUT2D eigenvalue weighted by Crippen LogP contribution is -2.58. The van der Waals surface area contributed by atoms with E-state index in [4.69, 9.17) is 4.74 Å². The lowest BCUT2D eigenvalue weighted by molar-refractivity contribution is -0.179. The Balaban J connectivity index is 1.16. The summed E-state index contributed by atoms with van der Waals surface area (Å²) in [5, 5.41) is 19.3. The maximum atomic E-state index is 13.0. The number of fused-ring (bicyclic) bond motifs is 2. The van der Waals surface area contributed by atoms with Crippen LogP contribution in [0.15, 0.2) is 35.9 Å². The van der Waals surface area contributed by atoms with Crippen LogP contribution in [0.3, 0.4) is 0 Å². The summed E-state index contributed by atoms with van der Waals surface area (Å²) >= 11 is 0. The lowest BCUT2D eigenvalue weighted by Gasteiger charge is -2.63. The molecule has 0 radical (unpaired) electrons. The lowest BCUT2D eigenvalue weighted by atomic mass is 9.41. The summed E-state index contributed by atoms with van der Waals surface area (Å²) in [6, 6.07) is 4.55. The fourth-order valence-electron chi connectivity index (χ4n) is 12.3. The van der Waals surface area contributed by atoms with Crippen LogP contribution in [-0.4, -0.2) is 22.3 Å². The Hall–Kier alpha value is -2.23. The standard InChI is InChI=1S/C39H56O4/c1-25(2)9-8-10-26(3)28-17-19-37(7)32-15-14-31-35(4,5)33(18-20-38(31)24-39(32,38)22-21-36(28,37)6)43-34(42)16-12-27-11-13-29(40)30(41)23-27/h9,11-13,16,23,26,28,31-33,40-41H,8,10,14-15,17-22,24H2,1-7H3/b16-12+/t26-,28-,31+,32+,33+,36-,37+,38-,39+/m1/s1. The van der Waals surface area contributed by atoms with E-state index >= 15 is 0 Å². The molecule has 0 unspecified atom stereocenters. The van der Waals surface area contributed by atoms with Crippen LogP contribution in [0.4, 0.5) is 0 Å². The molecule has 2 N–H and O–H groups in total. The van der Waals surface area contributed by atoms with Crippen molar-refractivity contribution >= 4 is 12.0 Å². The molecule has 1 aromatic rings. The predicted octanol–water partition coefficient (Wildman–Crippen LogP) is 9.84. The van der Waals surface area contributed by atoms with Crippen LogP contribution in [-0.2, 0) is 9.53 Å². The first kappa shape index (κ1) is 30.8. The quantitative estimate of drug-likeness (QED) is 0.144. The normalized spacial score (nSPS) is 41.4. The van der Waals surface area contributed by atoms with E-state index in [0.717, 1.165) is 24.2 Å². The number of phenols is 2.